The molecule has 0 radical (unpaired) electrons. The Labute approximate surface area is 166 Å². The summed E-state index contributed by atoms with van der Waals surface area (Å²) in [6.45, 7) is 8.52. The van der Waals surface area contributed by atoms with Crippen LogP contribution in [0.1, 0.15) is 46.1 Å². The second-order valence-corrected chi connectivity index (χ2v) is 8.33. The number of urea groups is 1. The largest absolute Gasteiger partial charge is 0.445 e. The van der Waals surface area contributed by atoms with Crippen LogP contribution in [0.3, 0.4) is 0 Å². The zero-order valence-electron chi connectivity index (χ0n) is 17.2. The Morgan fingerprint density at radius 3 is 2.29 bits per heavy atom. The molecule has 7 nitrogen and oxygen atoms in total. The van der Waals surface area contributed by atoms with Crippen LogP contribution in [0.25, 0.3) is 0 Å². The summed E-state index contributed by atoms with van der Waals surface area (Å²) in [5.74, 6) is -0.0707. The van der Waals surface area contributed by atoms with Gasteiger partial charge < -0.3 is 20.3 Å². The van der Waals surface area contributed by atoms with Crippen LogP contribution >= 0.6 is 0 Å². The molecule has 1 aliphatic rings. The number of carbonyl (C=O) groups is 3. The molecule has 1 saturated heterocycles. The molecule has 0 aromatic heterocycles. The maximum Gasteiger partial charge on any atom is 0.410 e. The third kappa shape index (κ3) is 6.55. The van der Waals surface area contributed by atoms with Gasteiger partial charge in [0.25, 0.3) is 0 Å². The zero-order chi connectivity index (χ0) is 20.7. The fourth-order valence-electron chi connectivity index (χ4n) is 3.30. The summed E-state index contributed by atoms with van der Waals surface area (Å²) in [7, 11) is 0. The molecule has 0 spiro atoms. The van der Waals surface area contributed by atoms with Crippen molar-refractivity contribution in [1.82, 2.24) is 15.5 Å². The zero-order valence-corrected chi connectivity index (χ0v) is 17.2. The first kappa shape index (κ1) is 21.7. The van der Waals surface area contributed by atoms with Crippen LogP contribution in [-0.4, -0.2) is 48.0 Å². The van der Waals surface area contributed by atoms with E-state index in [4.69, 9.17) is 4.74 Å². The molecule has 1 atom stereocenters. The lowest BCUT2D eigenvalue weighted by Crippen LogP contribution is -2.55. The lowest BCUT2D eigenvalue weighted by molar-refractivity contribution is -0.121. The Morgan fingerprint density at radius 2 is 1.75 bits per heavy atom. The average molecular weight is 389 g/mol. The lowest BCUT2D eigenvalue weighted by atomic mass is 9.84. The molecule has 154 valence electrons. The van der Waals surface area contributed by atoms with Crippen LogP contribution in [-0.2, 0) is 16.1 Å². The number of nitrogens with zero attached hydrogens (tertiary/aromatic N) is 1. The summed E-state index contributed by atoms with van der Waals surface area (Å²) in [6.07, 6.45) is 0.957. The topological polar surface area (TPSA) is 87.7 Å². The van der Waals surface area contributed by atoms with E-state index in [9.17, 15) is 14.4 Å². The minimum Gasteiger partial charge on any atom is -0.445 e. The van der Waals surface area contributed by atoms with Gasteiger partial charge in [-0.25, -0.2) is 9.59 Å². The Kier molecular flexibility index (Phi) is 7.43. The highest BCUT2D eigenvalue weighted by molar-refractivity contribution is 5.87. The number of rotatable bonds is 5. The minimum atomic E-state index is -0.541. The average Bonchev–Trinajstić information content (AvgIpc) is 2.64. The van der Waals surface area contributed by atoms with E-state index in [2.05, 4.69) is 10.6 Å². The van der Waals surface area contributed by atoms with Gasteiger partial charge in [-0.15, -0.1) is 0 Å². The molecular formula is C21H31N3O4. The maximum absolute atomic E-state index is 12.3. The summed E-state index contributed by atoms with van der Waals surface area (Å²) in [4.78, 5) is 37.9. The number of benzene rings is 1. The normalized spacial score (nSPS) is 16.2. The van der Waals surface area contributed by atoms with Crippen LogP contribution < -0.4 is 10.6 Å². The van der Waals surface area contributed by atoms with Gasteiger partial charge in [0, 0.05) is 19.1 Å². The summed E-state index contributed by atoms with van der Waals surface area (Å²) >= 11 is 0. The molecule has 1 aromatic rings. The van der Waals surface area contributed by atoms with E-state index in [-0.39, 0.29) is 36.0 Å². The van der Waals surface area contributed by atoms with Crippen molar-refractivity contribution in [2.75, 3.05) is 13.1 Å². The van der Waals surface area contributed by atoms with Gasteiger partial charge >= 0.3 is 12.1 Å². The van der Waals surface area contributed by atoms with Gasteiger partial charge in [0.2, 0.25) is 0 Å². The van der Waals surface area contributed by atoms with Crippen molar-refractivity contribution in [3.05, 3.63) is 35.9 Å². The number of amides is 3. The van der Waals surface area contributed by atoms with Crippen molar-refractivity contribution >= 4 is 17.9 Å². The molecule has 1 aliphatic heterocycles. The highest BCUT2D eigenvalue weighted by Crippen LogP contribution is 2.20. The van der Waals surface area contributed by atoms with Crippen LogP contribution in [0.15, 0.2) is 30.3 Å². The van der Waals surface area contributed by atoms with Gasteiger partial charge in [0.1, 0.15) is 6.61 Å². The molecule has 0 bridgehead atoms. The van der Waals surface area contributed by atoms with Gasteiger partial charge in [-0.1, -0.05) is 51.1 Å². The monoisotopic (exact) mass is 389 g/mol. The van der Waals surface area contributed by atoms with Gasteiger partial charge in [-0.05, 0) is 30.7 Å². The Bertz CT molecular complexity index is 677. The van der Waals surface area contributed by atoms with E-state index in [1.165, 1.54) is 6.92 Å². The number of carbonyl (C=O) groups excluding carboxylic acids is 3. The number of hydrogen-bond acceptors (Lipinski definition) is 4. The number of nitrogens with one attached hydrogen (secondary N) is 2. The summed E-state index contributed by atoms with van der Waals surface area (Å²) in [5, 5.41) is 5.68. The van der Waals surface area contributed by atoms with Crippen molar-refractivity contribution in [2.24, 2.45) is 5.41 Å². The Morgan fingerprint density at radius 1 is 1.14 bits per heavy atom. The fourth-order valence-corrected chi connectivity index (χ4v) is 3.30. The predicted molar refractivity (Wildman–Crippen MR) is 107 cm³/mol. The van der Waals surface area contributed by atoms with Crippen molar-refractivity contribution < 1.29 is 19.1 Å². The quantitative estimate of drug-likeness (QED) is 0.810. The fraction of sp³-hybridized carbons (Fsp3) is 0.571. The van der Waals surface area contributed by atoms with Crippen molar-refractivity contribution in [3.63, 3.8) is 0 Å². The third-order valence-electron chi connectivity index (χ3n) is 4.84. The van der Waals surface area contributed by atoms with E-state index in [1.807, 2.05) is 51.1 Å². The Balaban J connectivity index is 1.74. The smallest absolute Gasteiger partial charge is 0.410 e. The molecule has 2 N–H and O–H groups in total. The SMILES string of the molecule is CC(=O)C(NC(=O)NC1CCN(C(=O)OCc2ccccc2)CC1)C(C)(C)C. The number of piperidine rings is 1. The van der Waals surface area contributed by atoms with Gasteiger partial charge in [0.05, 0.1) is 6.04 Å². The molecule has 28 heavy (non-hydrogen) atoms. The van der Waals surface area contributed by atoms with Crippen LogP contribution in [0.5, 0.6) is 0 Å². The number of likely N-dealkylation sites (tertiary alicyclic amines) is 1. The van der Waals surface area contributed by atoms with Crippen molar-refractivity contribution in [2.45, 2.75) is 59.2 Å². The highest BCUT2D eigenvalue weighted by atomic mass is 16.6. The summed E-state index contributed by atoms with van der Waals surface area (Å²) in [6, 6.07) is 8.62. The molecule has 3 amide bonds. The molecule has 0 saturated carbocycles. The third-order valence-corrected chi connectivity index (χ3v) is 4.84. The van der Waals surface area contributed by atoms with Gasteiger partial charge in [0.15, 0.2) is 5.78 Å². The first-order valence-electron chi connectivity index (χ1n) is 9.70. The number of hydrogen-bond donors (Lipinski definition) is 2. The summed E-state index contributed by atoms with van der Waals surface area (Å²) in [5.41, 5.74) is 0.595. The minimum absolute atomic E-state index is 0.0363. The first-order chi connectivity index (χ1) is 13.2. The van der Waals surface area contributed by atoms with E-state index in [0.717, 1.165) is 5.56 Å². The lowest BCUT2D eigenvalue weighted by Gasteiger charge is -2.33. The van der Waals surface area contributed by atoms with Gasteiger partial charge in [-0.2, -0.15) is 0 Å². The van der Waals surface area contributed by atoms with E-state index >= 15 is 0 Å². The Hall–Kier alpha value is -2.57. The second kappa shape index (κ2) is 9.57. The van der Waals surface area contributed by atoms with Crippen molar-refractivity contribution in [3.8, 4) is 0 Å². The molecule has 2 rings (SSSR count). The molecule has 1 fully saturated rings. The van der Waals surface area contributed by atoms with Crippen LogP contribution in [0.2, 0.25) is 0 Å². The second-order valence-electron chi connectivity index (χ2n) is 8.33. The molecule has 1 aromatic carbocycles. The summed E-state index contributed by atoms with van der Waals surface area (Å²) < 4.78 is 5.35. The molecule has 7 heteroatoms. The van der Waals surface area contributed by atoms with Crippen LogP contribution in [0.4, 0.5) is 9.59 Å². The van der Waals surface area contributed by atoms with Crippen molar-refractivity contribution in [1.29, 1.82) is 0 Å². The highest BCUT2D eigenvalue weighted by Gasteiger charge is 2.31. The molecule has 1 unspecified atom stereocenters. The number of ketones is 1. The van der Waals surface area contributed by atoms with Crippen LogP contribution in [0, 0.1) is 5.41 Å². The number of ether oxygens (including phenoxy) is 1. The number of Topliss-reactive ketones (excluding diaryl/α,β-unsaturated/α-hetero) is 1. The molecular weight excluding hydrogens is 358 g/mol. The molecule has 1 heterocycles. The molecule has 0 aliphatic carbocycles. The standard InChI is InChI=1S/C21H31N3O4/c1-15(25)18(21(2,3)4)23-19(26)22-17-10-12-24(13-11-17)20(27)28-14-16-8-6-5-7-9-16/h5-9,17-18H,10-14H2,1-4H3,(H2,22,23,26). The maximum atomic E-state index is 12.3. The van der Waals surface area contributed by atoms with Gasteiger partial charge in [-0.3, -0.25) is 4.79 Å². The van der Waals surface area contributed by atoms with E-state index < -0.39 is 6.04 Å². The van der Waals surface area contributed by atoms with E-state index in [1.54, 1.807) is 4.90 Å². The first-order valence-corrected chi connectivity index (χ1v) is 9.70. The predicted octanol–water partition coefficient (Wildman–Crippen LogP) is 3.09. The van der Waals surface area contributed by atoms with E-state index in [0.29, 0.717) is 25.9 Å².